The fraction of sp³-hybridized carbons (Fsp3) is 0.0952. The number of hydrogen-bond donors (Lipinski definition) is 0. The van der Waals surface area contributed by atoms with Gasteiger partial charge >= 0.3 is 0 Å². The zero-order valence-corrected chi connectivity index (χ0v) is 14.2. The van der Waals surface area contributed by atoms with Gasteiger partial charge in [-0.15, -0.1) is 10.2 Å². The summed E-state index contributed by atoms with van der Waals surface area (Å²) in [5.41, 5.74) is 2.11. The van der Waals surface area contributed by atoms with Crippen LogP contribution < -0.4 is 4.90 Å². The molecule has 0 aliphatic carbocycles. The summed E-state index contributed by atoms with van der Waals surface area (Å²) in [5.74, 6) is 1.96. The quantitative estimate of drug-likeness (QED) is 0.522. The summed E-state index contributed by atoms with van der Waals surface area (Å²) in [5, 5.41) is 8.39. The molecule has 2 aromatic carbocycles. The number of anilines is 1. The van der Waals surface area contributed by atoms with Crippen LogP contribution in [0, 0.1) is 0 Å². The van der Waals surface area contributed by atoms with Crippen molar-refractivity contribution in [3.8, 4) is 11.5 Å². The van der Waals surface area contributed by atoms with E-state index in [0.717, 1.165) is 11.4 Å². The number of pyridine rings is 1. The van der Waals surface area contributed by atoms with Crippen molar-refractivity contribution in [2.75, 3.05) is 4.90 Å². The van der Waals surface area contributed by atoms with E-state index in [0.29, 0.717) is 24.9 Å². The fourth-order valence-electron chi connectivity index (χ4n) is 2.74. The summed E-state index contributed by atoms with van der Waals surface area (Å²) < 4.78 is 5.87. The van der Waals surface area contributed by atoms with Crippen LogP contribution in [0.25, 0.3) is 11.5 Å². The van der Waals surface area contributed by atoms with E-state index in [2.05, 4.69) is 32.2 Å². The van der Waals surface area contributed by atoms with Gasteiger partial charge in [0.05, 0.1) is 6.54 Å². The Kier molecular flexibility index (Phi) is 4.69. The minimum Gasteiger partial charge on any atom is -0.419 e. The van der Waals surface area contributed by atoms with Crippen molar-refractivity contribution in [2.45, 2.75) is 13.1 Å². The van der Waals surface area contributed by atoms with Gasteiger partial charge in [-0.2, -0.15) is 0 Å². The van der Waals surface area contributed by atoms with Gasteiger partial charge < -0.3 is 9.32 Å². The molecule has 26 heavy (non-hydrogen) atoms. The van der Waals surface area contributed by atoms with Gasteiger partial charge in [0.15, 0.2) is 0 Å². The Labute approximate surface area is 152 Å². The van der Waals surface area contributed by atoms with Crippen molar-refractivity contribution in [1.82, 2.24) is 15.2 Å². The second-order valence-corrected chi connectivity index (χ2v) is 5.90. The smallest absolute Gasteiger partial charge is 0.247 e. The van der Waals surface area contributed by atoms with Crippen LogP contribution >= 0.6 is 0 Å². The number of aromatic nitrogens is 3. The van der Waals surface area contributed by atoms with Gasteiger partial charge in [-0.25, -0.2) is 4.98 Å². The molecule has 0 saturated heterocycles. The Hall–Kier alpha value is -3.47. The van der Waals surface area contributed by atoms with Gasteiger partial charge in [0, 0.05) is 18.3 Å². The summed E-state index contributed by atoms with van der Waals surface area (Å²) in [6.07, 6.45) is 1.79. The maximum Gasteiger partial charge on any atom is 0.247 e. The topological polar surface area (TPSA) is 55.1 Å². The average molecular weight is 342 g/mol. The lowest BCUT2D eigenvalue weighted by Crippen LogP contribution is -2.23. The molecule has 0 saturated carbocycles. The van der Waals surface area contributed by atoms with Crippen molar-refractivity contribution in [3.05, 3.63) is 96.5 Å². The zero-order valence-electron chi connectivity index (χ0n) is 14.2. The molecule has 0 aliphatic rings. The molecule has 5 nitrogen and oxygen atoms in total. The molecule has 0 radical (unpaired) electrons. The van der Waals surface area contributed by atoms with E-state index in [4.69, 9.17) is 4.42 Å². The van der Waals surface area contributed by atoms with Crippen LogP contribution in [0.5, 0.6) is 0 Å². The normalized spacial score (nSPS) is 10.6. The molecule has 0 N–H and O–H groups in total. The Bertz CT molecular complexity index is 939. The van der Waals surface area contributed by atoms with Crippen LogP contribution in [0.15, 0.2) is 89.5 Å². The lowest BCUT2D eigenvalue weighted by Gasteiger charge is -2.22. The van der Waals surface area contributed by atoms with Gasteiger partial charge in [0.25, 0.3) is 0 Å². The average Bonchev–Trinajstić information content (AvgIpc) is 3.18. The lowest BCUT2D eigenvalue weighted by atomic mass is 10.2. The van der Waals surface area contributed by atoms with Gasteiger partial charge in [-0.1, -0.05) is 54.6 Å². The number of rotatable bonds is 6. The van der Waals surface area contributed by atoms with Crippen molar-refractivity contribution in [1.29, 1.82) is 0 Å². The van der Waals surface area contributed by atoms with Crippen LogP contribution in [0.2, 0.25) is 0 Å². The third-order valence-electron chi connectivity index (χ3n) is 4.00. The number of nitrogens with zero attached hydrogens (tertiary/aromatic N) is 4. The van der Waals surface area contributed by atoms with E-state index in [-0.39, 0.29) is 0 Å². The second-order valence-electron chi connectivity index (χ2n) is 5.90. The molecule has 0 fully saturated rings. The largest absolute Gasteiger partial charge is 0.419 e. The highest BCUT2D eigenvalue weighted by molar-refractivity contribution is 5.51. The molecule has 0 amide bonds. The highest BCUT2D eigenvalue weighted by atomic mass is 16.4. The van der Waals surface area contributed by atoms with Gasteiger partial charge in [0.1, 0.15) is 5.82 Å². The molecule has 4 rings (SSSR count). The SMILES string of the molecule is c1ccc(CN(Cc2nnc(-c3ccccc3)o2)c2ccccn2)cc1. The van der Waals surface area contributed by atoms with E-state index >= 15 is 0 Å². The summed E-state index contributed by atoms with van der Waals surface area (Å²) in [6, 6.07) is 25.9. The molecular weight excluding hydrogens is 324 g/mol. The summed E-state index contributed by atoms with van der Waals surface area (Å²) in [4.78, 5) is 6.60. The van der Waals surface area contributed by atoms with Crippen molar-refractivity contribution in [2.24, 2.45) is 0 Å². The van der Waals surface area contributed by atoms with E-state index < -0.39 is 0 Å². The highest BCUT2D eigenvalue weighted by Crippen LogP contribution is 2.20. The predicted molar refractivity (Wildman–Crippen MR) is 100 cm³/mol. The van der Waals surface area contributed by atoms with Gasteiger partial charge in [-0.3, -0.25) is 0 Å². The molecule has 128 valence electrons. The van der Waals surface area contributed by atoms with Crippen molar-refractivity contribution < 1.29 is 4.42 Å². The maximum absolute atomic E-state index is 5.87. The first-order valence-electron chi connectivity index (χ1n) is 8.46. The van der Waals surface area contributed by atoms with Crippen molar-refractivity contribution >= 4 is 5.82 Å². The molecule has 0 aliphatic heterocycles. The van der Waals surface area contributed by atoms with E-state index in [9.17, 15) is 0 Å². The van der Waals surface area contributed by atoms with Crippen LogP contribution in [-0.4, -0.2) is 15.2 Å². The molecule has 2 heterocycles. The first-order valence-corrected chi connectivity index (χ1v) is 8.46. The highest BCUT2D eigenvalue weighted by Gasteiger charge is 2.15. The first kappa shape index (κ1) is 16.0. The number of hydrogen-bond acceptors (Lipinski definition) is 5. The third kappa shape index (κ3) is 3.78. The molecule has 0 spiro atoms. The Balaban J connectivity index is 1.58. The molecular formula is C21H18N4O. The van der Waals surface area contributed by atoms with Gasteiger partial charge in [-0.05, 0) is 29.8 Å². The predicted octanol–water partition coefficient (Wildman–Crippen LogP) is 4.34. The second kappa shape index (κ2) is 7.61. The Morgan fingerprint density at radius 1 is 0.731 bits per heavy atom. The molecule has 4 aromatic rings. The molecule has 0 bridgehead atoms. The van der Waals surface area contributed by atoms with Crippen molar-refractivity contribution in [3.63, 3.8) is 0 Å². The molecule has 0 atom stereocenters. The zero-order chi connectivity index (χ0) is 17.6. The van der Waals surface area contributed by atoms with E-state index in [1.807, 2.05) is 66.7 Å². The lowest BCUT2D eigenvalue weighted by molar-refractivity contribution is 0.496. The Morgan fingerprint density at radius 2 is 1.46 bits per heavy atom. The van der Waals surface area contributed by atoms with E-state index in [1.165, 1.54) is 5.56 Å². The minimum atomic E-state index is 0.492. The first-order chi connectivity index (χ1) is 12.9. The summed E-state index contributed by atoms with van der Waals surface area (Å²) in [7, 11) is 0. The van der Waals surface area contributed by atoms with Crippen LogP contribution in [0.1, 0.15) is 11.5 Å². The van der Waals surface area contributed by atoms with Crippen LogP contribution in [0.4, 0.5) is 5.82 Å². The molecule has 2 aromatic heterocycles. The summed E-state index contributed by atoms with van der Waals surface area (Å²) in [6.45, 7) is 1.20. The standard InChI is InChI=1S/C21H18N4O/c1-3-9-17(10-4-1)15-25(19-13-7-8-14-22-19)16-20-23-24-21(26-20)18-11-5-2-6-12-18/h1-14H,15-16H2. The minimum absolute atomic E-state index is 0.492. The maximum atomic E-state index is 5.87. The van der Waals surface area contributed by atoms with E-state index in [1.54, 1.807) is 6.20 Å². The molecule has 0 unspecified atom stereocenters. The summed E-state index contributed by atoms with van der Waals surface area (Å²) >= 11 is 0. The van der Waals surface area contributed by atoms with Crippen LogP contribution in [-0.2, 0) is 13.1 Å². The van der Waals surface area contributed by atoms with Crippen LogP contribution in [0.3, 0.4) is 0 Å². The number of benzene rings is 2. The van der Waals surface area contributed by atoms with Gasteiger partial charge in [0.2, 0.25) is 11.8 Å². The molecule has 5 heteroatoms. The fourth-order valence-corrected chi connectivity index (χ4v) is 2.74. The third-order valence-corrected chi connectivity index (χ3v) is 4.00. The Morgan fingerprint density at radius 3 is 2.19 bits per heavy atom. The monoisotopic (exact) mass is 342 g/mol.